The summed E-state index contributed by atoms with van der Waals surface area (Å²) >= 11 is 0. The van der Waals surface area contributed by atoms with Crippen LogP contribution in [0.2, 0.25) is 0 Å². The Morgan fingerprint density at radius 2 is 1.92 bits per heavy atom. The summed E-state index contributed by atoms with van der Waals surface area (Å²) in [6, 6.07) is 9.13. The zero-order valence-corrected chi connectivity index (χ0v) is 15.0. The first-order valence-electron chi connectivity index (χ1n) is 9.30. The van der Waals surface area contributed by atoms with Gasteiger partial charge in [-0.15, -0.1) is 0 Å². The summed E-state index contributed by atoms with van der Waals surface area (Å²) in [6.45, 7) is 5.64. The highest BCUT2D eigenvalue weighted by molar-refractivity contribution is 5.81. The fourth-order valence-corrected chi connectivity index (χ4v) is 3.67. The maximum atomic E-state index is 12.3. The molecule has 132 valence electrons. The van der Waals surface area contributed by atoms with Gasteiger partial charge in [0.05, 0.1) is 6.61 Å². The first kappa shape index (κ1) is 17.4. The molecule has 0 radical (unpaired) electrons. The molecule has 0 bridgehead atoms. The van der Waals surface area contributed by atoms with Gasteiger partial charge in [-0.1, -0.05) is 37.6 Å². The number of carbonyl (C=O) groups excluding carboxylic acids is 1. The molecule has 1 aliphatic carbocycles. The lowest BCUT2D eigenvalue weighted by Gasteiger charge is -2.39. The zero-order chi connectivity index (χ0) is 16.9. The second-order valence-corrected chi connectivity index (χ2v) is 7.25. The van der Waals surface area contributed by atoms with Crippen LogP contribution in [-0.4, -0.2) is 37.0 Å². The van der Waals surface area contributed by atoms with E-state index in [0.717, 1.165) is 45.3 Å². The van der Waals surface area contributed by atoms with Crippen molar-refractivity contribution in [3.8, 4) is 0 Å². The number of carbonyl (C=O) groups is 1. The predicted molar refractivity (Wildman–Crippen MR) is 95.5 cm³/mol. The lowest BCUT2D eigenvalue weighted by molar-refractivity contribution is -0.134. The van der Waals surface area contributed by atoms with E-state index in [9.17, 15) is 4.79 Å². The molecule has 4 nitrogen and oxygen atoms in total. The van der Waals surface area contributed by atoms with Crippen LogP contribution in [0.25, 0.3) is 0 Å². The van der Waals surface area contributed by atoms with Gasteiger partial charge < -0.3 is 15.0 Å². The molecule has 1 amide bonds. The second-order valence-electron chi connectivity index (χ2n) is 7.25. The van der Waals surface area contributed by atoms with Crippen molar-refractivity contribution in [1.82, 2.24) is 10.2 Å². The maximum Gasteiger partial charge on any atom is 0.225 e. The smallest absolute Gasteiger partial charge is 0.225 e. The van der Waals surface area contributed by atoms with Crippen LogP contribution in [0.4, 0.5) is 0 Å². The number of rotatable bonds is 7. The fraction of sp³-hybridized carbons (Fsp3) is 0.650. The lowest BCUT2D eigenvalue weighted by Crippen LogP contribution is -2.51. The quantitative estimate of drug-likeness (QED) is 0.836. The third-order valence-corrected chi connectivity index (χ3v) is 5.40. The number of hydrogen-bond acceptors (Lipinski definition) is 3. The molecular formula is C20H30N2O2. The van der Waals surface area contributed by atoms with Gasteiger partial charge in [-0.25, -0.2) is 0 Å². The van der Waals surface area contributed by atoms with Crippen LogP contribution in [0.15, 0.2) is 24.3 Å². The van der Waals surface area contributed by atoms with Gasteiger partial charge in [0.1, 0.15) is 0 Å². The predicted octanol–water partition coefficient (Wildman–Crippen LogP) is 2.96. The van der Waals surface area contributed by atoms with Gasteiger partial charge in [-0.3, -0.25) is 4.79 Å². The molecule has 0 aromatic heterocycles. The minimum atomic E-state index is 0.345. The Bertz CT molecular complexity index is 539. The Morgan fingerprint density at radius 3 is 2.54 bits per heavy atom. The van der Waals surface area contributed by atoms with Crippen LogP contribution >= 0.6 is 0 Å². The van der Waals surface area contributed by atoms with Gasteiger partial charge >= 0.3 is 0 Å². The second kappa shape index (κ2) is 8.13. The molecular weight excluding hydrogens is 300 g/mol. The van der Waals surface area contributed by atoms with Crippen LogP contribution in [0.1, 0.15) is 43.7 Å². The monoisotopic (exact) mass is 330 g/mol. The van der Waals surface area contributed by atoms with E-state index in [0.29, 0.717) is 30.4 Å². The van der Waals surface area contributed by atoms with Crippen LogP contribution in [0.3, 0.4) is 0 Å². The summed E-state index contributed by atoms with van der Waals surface area (Å²) in [6.07, 6.45) is 4.40. The van der Waals surface area contributed by atoms with Crippen molar-refractivity contribution in [3.63, 3.8) is 0 Å². The average molecular weight is 330 g/mol. The highest BCUT2D eigenvalue weighted by Crippen LogP contribution is 2.33. The SMILES string of the molecule is CC[C@@H]1CN(C(=O)C2CC2)CC[C@@H]1NCc1ccc(COC)cc1. The number of methoxy groups -OCH3 is 1. The summed E-state index contributed by atoms with van der Waals surface area (Å²) in [7, 11) is 1.72. The molecule has 1 aliphatic heterocycles. The van der Waals surface area contributed by atoms with E-state index < -0.39 is 0 Å². The first-order valence-corrected chi connectivity index (χ1v) is 9.30. The Balaban J connectivity index is 1.50. The van der Waals surface area contributed by atoms with Crippen LogP contribution in [0, 0.1) is 11.8 Å². The summed E-state index contributed by atoms with van der Waals surface area (Å²) < 4.78 is 5.15. The molecule has 2 aliphatic rings. The number of amides is 1. The van der Waals surface area contributed by atoms with E-state index in [2.05, 4.69) is 41.4 Å². The maximum absolute atomic E-state index is 12.3. The molecule has 1 saturated carbocycles. The van der Waals surface area contributed by atoms with Crippen LogP contribution < -0.4 is 5.32 Å². The first-order chi connectivity index (χ1) is 11.7. The van der Waals surface area contributed by atoms with Gasteiger partial charge in [0, 0.05) is 38.7 Å². The molecule has 1 heterocycles. The van der Waals surface area contributed by atoms with Crippen LogP contribution in [0.5, 0.6) is 0 Å². The average Bonchev–Trinajstić information content (AvgIpc) is 3.46. The number of likely N-dealkylation sites (tertiary alicyclic amines) is 1. The molecule has 4 heteroatoms. The third-order valence-electron chi connectivity index (χ3n) is 5.40. The minimum Gasteiger partial charge on any atom is -0.380 e. The molecule has 1 aromatic carbocycles. The topological polar surface area (TPSA) is 41.6 Å². The summed E-state index contributed by atoms with van der Waals surface area (Å²) in [5.74, 6) is 1.31. The summed E-state index contributed by atoms with van der Waals surface area (Å²) in [4.78, 5) is 14.4. The fourth-order valence-electron chi connectivity index (χ4n) is 3.67. The van der Waals surface area contributed by atoms with E-state index >= 15 is 0 Å². The van der Waals surface area contributed by atoms with E-state index in [-0.39, 0.29) is 0 Å². The molecule has 1 N–H and O–H groups in total. The highest BCUT2D eigenvalue weighted by Gasteiger charge is 2.37. The lowest BCUT2D eigenvalue weighted by atomic mass is 9.89. The highest BCUT2D eigenvalue weighted by atomic mass is 16.5. The third kappa shape index (κ3) is 4.37. The number of nitrogens with zero attached hydrogens (tertiary/aromatic N) is 1. The van der Waals surface area contributed by atoms with Gasteiger partial charge in [0.25, 0.3) is 0 Å². The normalized spacial score (nSPS) is 24.2. The zero-order valence-electron chi connectivity index (χ0n) is 15.0. The number of benzene rings is 1. The Labute approximate surface area is 145 Å². The number of nitrogens with one attached hydrogen (secondary N) is 1. The number of piperidine rings is 1. The molecule has 2 atom stereocenters. The Hall–Kier alpha value is -1.39. The molecule has 1 aromatic rings. The Morgan fingerprint density at radius 1 is 1.21 bits per heavy atom. The molecule has 0 unspecified atom stereocenters. The molecule has 0 spiro atoms. The standard InChI is InChI=1S/C20H30N2O2/c1-3-17-13-22(20(23)18-8-9-18)11-10-19(17)21-12-15-4-6-16(7-5-15)14-24-2/h4-7,17-19,21H,3,8-14H2,1-2H3/t17-,19+/m1/s1. The largest absolute Gasteiger partial charge is 0.380 e. The van der Waals surface area contributed by atoms with E-state index in [4.69, 9.17) is 4.74 Å². The van der Waals surface area contributed by atoms with Crippen molar-refractivity contribution in [1.29, 1.82) is 0 Å². The molecule has 3 rings (SSSR count). The molecule has 2 fully saturated rings. The number of hydrogen-bond donors (Lipinski definition) is 1. The van der Waals surface area contributed by atoms with Crippen molar-refractivity contribution in [2.75, 3.05) is 20.2 Å². The van der Waals surface area contributed by atoms with Crippen molar-refractivity contribution in [2.24, 2.45) is 11.8 Å². The van der Waals surface area contributed by atoms with E-state index in [1.165, 1.54) is 11.1 Å². The van der Waals surface area contributed by atoms with Gasteiger partial charge in [-0.05, 0) is 36.3 Å². The van der Waals surface area contributed by atoms with Gasteiger partial charge in [0.15, 0.2) is 0 Å². The summed E-state index contributed by atoms with van der Waals surface area (Å²) in [5.41, 5.74) is 2.51. The van der Waals surface area contributed by atoms with Crippen molar-refractivity contribution < 1.29 is 9.53 Å². The van der Waals surface area contributed by atoms with E-state index in [1.54, 1.807) is 7.11 Å². The van der Waals surface area contributed by atoms with Gasteiger partial charge in [-0.2, -0.15) is 0 Å². The van der Waals surface area contributed by atoms with Crippen molar-refractivity contribution in [3.05, 3.63) is 35.4 Å². The number of ether oxygens (including phenoxy) is 1. The molecule has 1 saturated heterocycles. The van der Waals surface area contributed by atoms with Crippen LogP contribution in [-0.2, 0) is 22.7 Å². The van der Waals surface area contributed by atoms with Gasteiger partial charge in [0.2, 0.25) is 5.91 Å². The Kier molecular flexibility index (Phi) is 5.90. The molecule has 24 heavy (non-hydrogen) atoms. The van der Waals surface area contributed by atoms with Crippen molar-refractivity contribution in [2.45, 2.75) is 51.8 Å². The minimum absolute atomic E-state index is 0.345. The van der Waals surface area contributed by atoms with E-state index in [1.807, 2.05) is 0 Å². The summed E-state index contributed by atoms with van der Waals surface area (Å²) in [5, 5.41) is 3.73. The van der Waals surface area contributed by atoms with Crippen molar-refractivity contribution >= 4 is 5.91 Å².